The summed E-state index contributed by atoms with van der Waals surface area (Å²) in [5.74, 6) is 0.693. The van der Waals surface area contributed by atoms with Crippen LogP contribution in [0.25, 0.3) is 22.6 Å². The van der Waals surface area contributed by atoms with Crippen molar-refractivity contribution in [3.8, 4) is 17.1 Å². The number of hydrogen-bond acceptors (Lipinski definition) is 3. The molecule has 5 heteroatoms. The minimum atomic E-state index is 0.134. The van der Waals surface area contributed by atoms with Crippen LogP contribution in [0.1, 0.15) is 5.69 Å². The van der Waals surface area contributed by atoms with Gasteiger partial charge in [-0.05, 0) is 37.3 Å². The van der Waals surface area contributed by atoms with E-state index < -0.39 is 0 Å². The molecule has 2 N–H and O–H groups in total. The predicted octanol–water partition coefficient (Wildman–Crippen LogP) is 3.29. The lowest BCUT2D eigenvalue weighted by atomic mass is 10.2. The lowest BCUT2D eigenvalue weighted by Gasteiger charge is -2.00. The first kappa shape index (κ1) is 11.0. The normalized spacial score (nSPS) is 11.0. The van der Waals surface area contributed by atoms with Crippen molar-refractivity contribution < 1.29 is 5.11 Å². The molecule has 90 valence electrons. The summed E-state index contributed by atoms with van der Waals surface area (Å²) < 4.78 is 0. The molecule has 4 nitrogen and oxygen atoms in total. The lowest BCUT2D eigenvalue weighted by molar-refractivity contribution is 0.477. The Morgan fingerprint density at radius 1 is 1.17 bits per heavy atom. The molecule has 0 saturated carbocycles. The van der Waals surface area contributed by atoms with Crippen LogP contribution < -0.4 is 0 Å². The second-order valence-corrected chi connectivity index (χ2v) is 4.51. The Bertz CT molecular complexity index is 736. The Hall–Kier alpha value is -2.07. The number of phenols is 1. The number of aromatic hydroxyl groups is 1. The maximum Gasteiger partial charge on any atom is 0.178 e. The number of fused-ring (bicyclic) bond motifs is 1. The molecule has 2 aromatic heterocycles. The number of aromatic nitrogens is 3. The van der Waals surface area contributed by atoms with Gasteiger partial charge in [-0.3, -0.25) is 0 Å². The number of nitrogens with one attached hydrogen (secondary N) is 1. The molecule has 0 amide bonds. The smallest absolute Gasteiger partial charge is 0.178 e. The van der Waals surface area contributed by atoms with Crippen molar-refractivity contribution in [2.45, 2.75) is 6.92 Å². The van der Waals surface area contributed by atoms with E-state index in [4.69, 9.17) is 11.6 Å². The van der Waals surface area contributed by atoms with Gasteiger partial charge in [0.2, 0.25) is 0 Å². The third-order valence-corrected chi connectivity index (χ3v) is 2.93. The Morgan fingerprint density at radius 3 is 2.83 bits per heavy atom. The number of phenolic OH excluding ortho intramolecular Hbond substituents is 1. The van der Waals surface area contributed by atoms with Crippen molar-refractivity contribution in [2.24, 2.45) is 0 Å². The number of hydrogen-bond donors (Lipinski definition) is 2. The van der Waals surface area contributed by atoms with Crippen LogP contribution in [0, 0.1) is 6.92 Å². The topological polar surface area (TPSA) is 61.8 Å². The number of H-pyrrole nitrogens is 1. The summed E-state index contributed by atoms with van der Waals surface area (Å²) in [6, 6.07) is 8.66. The molecular weight excluding hydrogens is 250 g/mol. The molecule has 18 heavy (non-hydrogen) atoms. The molecule has 0 bridgehead atoms. The maximum atomic E-state index is 9.83. The van der Waals surface area contributed by atoms with Crippen LogP contribution in [0.3, 0.4) is 0 Å². The Labute approximate surface area is 108 Å². The summed E-state index contributed by atoms with van der Waals surface area (Å²) in [5.41, 5.74) is 2.92. The van der Waals surface area contributed by atoms with E-state index in [0.29, 0.717) is 22.1 Å². The summed E-state index contributed by atoms with van der Waals surface area (Å²) in [5, 5.41) is 10.4. The number of aromatic amines is 1. The third kappa shape index (κ3) is 1.80. The second-order valence-electron chi connectivity index (χ2n) is 4.07. The van der Waals surface area contributed by atoms with Gasteiger partial charge in [0.05, 0.1) is 11.1 Å². The molecule has 1 aromatic carbocycles. The van der Waals surface area contributed by atoms with Gasteiger partial charge in [-0.15, -0.1) is 0 Å². The van der Waals surface area contributed by atoms with E-state index in [9.17, 15) is 5.11 Å². The van der Waals surface area contributed by atoms with Crippen LogP contribution in [-0.4, -0.2) is 20.1 Å². The number of aryl methyl sites for hydroxylation is 1. The Balaban J connectivity index is 2.22. The Morgan fingerprint density at radius 2 is 2.00 bits per heavy atom. The zero-order chi connectivity index (χ0) is 12.7. The fourth-order valence-corrected chi connectivity index (χ4v) is 1.98. The largest absolute Gasteiger partial charge is 0.507 e. The standard InChI is InChI=1S/C13H10ClN3O/c1-7-2-4-10-13(15-7)17-12(16-10)9-6-8(14)3-5-11(9)18/h2-6,18H,1H3,(H,15,16,17). The van der Waals surface area contributed by atoms with Gasteiger partial charge in [-0.1, -0.05) is 11.6 Å². The van der Waals surface area contributed by atoms with E-state index >= 15 is 0 Å². The molecule has 3 aromatic rings. The predicted molar refractivity (Wildman–Crippen MR) is 70.7 cm³/mol. The molecule has 0 aliphatic heterocycles. The van der Waals surface area contributed by atoms with E-state index in [2.05, 4.69) is 15.0 Å². The van der Waals surface area contributed by atoms with E-state index in [1.165, 1.54) is 0 Å². The van der Waals surface area contributed by atoms with Gasteiger partial charge in [0, 0.05) is 10.7 Å². The number of halogens is 1. The Kier molecular flexibility index (Phi) is 2.45. The van der Waals surface area contributed by atoms with Crippen LogP contribution in [0.2, 0.25) is 5.02 Å². The summed E-state index contributed by atoms with van der Waals surface area (Å²) >= 11 is 5.92. The quantitative estimate of drug-likeness (QED) is 0.705. The zero-order valence-electron chi connectivity index (χ0n) is 9.61. The molecular formula is C13H10ClN3O. The number of rotatable bonds is 1. The maximum absolute atomic E-state index is 9.83. The fourth-order valence-electron chi connectivity index (χ4n) is 1.81. The minimum absolute atomic E-state index is 0.134. The second kappa shape index (κ2) is 3.99. The van der Waals surface area contributed by atoms with E-state index in [0.717, 1.165) is 11.2 Å². The summed E-state index contributed by atoms with van der Waals surface area (Å²) in [6.45, 7) is 1.91. The van der Waals surface area contributed by atoms with Crippen molar-refractivity contribution in [1.82, 2.24) is 15.0 Å². The summed E-state index contributed by atoms with van der Waals surface area (Å²) in [7, 11) is 0. The van der Waals surface area contributed by atoms with Crippen molar-refractivity contribution >= 4 is 22.8 Å². The molecule has 0 fully saturated rings. The van der Waals surface area contributed by atoms with Gasteiger partial charge in [-0.2, -0.15) is 0 Å². The van der Waals surface area contributed by atoms with Crippen molar-refractivity contribution in [1.29, 1.82) is 0 Å². The van der Waals surface area contributed by atoms with Crippen molar-refractivity contribution in [2.75, 3.05) is 0 Å². The first-order chi connectivity index (χ1) is 8.63. The molecule has 0 unspecified atom stereocenters. The molecule has 0 atom stereocenters. The SMILES string of the molecule is Cc1ccc2[nH]c(-c3cc(Cl)ccc3O)nc2n1. The van der Waals surface area contributed by atoms with E-state index in [1.807, 2.05) is 19.1 Å². The van der Waals surface area contributed by atoms with Crippen LogP contribution in [0.4, 0.5) is 0 Å². The van der Waals surface area contributed by atoms with Crippen LogP contribution in [-0.2, 0) is 0 Å². The number of imidazole rings is 1. The molecule has 2 heterocycles. The molecule has 0 saturated heterocycles. The van der Waals surface area contributed by atoms with Crippen LogP contribution in [0.5, 0.6) is 5.75 Å². The van der Waals surface area contributed by atoms with Gasteiger partial charge >= 0.3 is 0 Å². The van der Waals surface area contributed by atoms with Crippen LogP contribution in [0.15, 0.2) is 30.3 Å². The molecule has 3 rings (SSSR count). The number of benzene rings is 1. The van der Waals surface area contributed by atoms with Gasteiger partial charge < -0.3 is 10.1 Å². The summed E-state index contributed by atoms with van der Waals surface area (Å²) in [4.78, 5) is 11.8. The zero-order valence-corrected chi connectivity index (χ0v) is 10.4. The van der Waals surface area contributed by atoms with E-state index in [1.54, 1.807) is 18.2 Å². The fraction of sp³-hybridized carbons (Fsp3) is 0.0769. The monoisotopic (exact) mass is 259 g/mol. The van der Waals surface area contributed by atoms with Crippen molar-refractivity contribution in [3.63, 3.8) is 0 Å². The highest BCUT2D eigenvalue weighted by molar-refractivity contribution is 6.30. The minimum Gasteiger partial charge on any atom is -0.507 e. The van der Waals surface area contributed by atoms with Gasteiger partial charge in [0.15, 0.2) is 5.65 Å². The average molecular weight is 260 g/mol. The van der Waals surface area contributed by atoms with Crippen LogP contribution >= 0.6 is 11.6 Å². The van der Waals surface area contributed by atoms with Gasteiger partial charge in [-0.25, -0.2) is 9.97 Å². The third-order valence-electron chi connectivity index (χ3n) is 2.70. The number of nitrogens with zero attached hydrogens (tertiary/aromatic N) is 2. The first-order valence-corrected chi connectivity index (χ1v) is 5.83. The molecule has 0 aliphatic carbocycles. The highest BCUT2D eigenvalue weighted by Crippen LogP contribution is 2.30. The molecule has 0 spiro atoms. The highest BCUT2D eigenvalue weighted by atomic mass is 35.5. The van der Waals surface area contributed by atoms with E-state index in [-0.39, 0.29) is 5.75 Å². The van der Waals surface area contributed by atoms with Crippen molar-refractivity contribution in [3.05, 3.63) is 41.0 Å². The first-order valence-electron chi connectivity index (χ1n) is 5.46. The highest BCUT2D eigenvalue weighted by Gasteiger charge is 2.10. The average Bonchev–Trinajstić information content (AvgIpc) is 2.74. The van der Waals surface area contributed by atoms with Gasteiger partial charge in [0.1, 0.15) is 11.6 Å². The number of pyridine rings is 1. The lowest BCUT2D eigenvalue weighted by Crippen LogP contribution is -1.82. The summed E-state index contributed by atoms with van der Waals surface area (Å²) in [6.07, 6.45) is 0. The molecule has 0 radical (unpaired) electrons. The molecule has 0 aliphatic rings. The van der Waals surface area contributed by atoms with Gasteiger partial charge in [0.25, 0.3) is 0 Å².